The fraction of sp³-hybridized carbons (Fsp3) is 0.0667. The monoisotopic (exact) mass is 474 g/mol. The number of hydrogen-bond acceptors (Lipinski definition) is 3. The summed E-state index contributed by atoms with van der Waals surface area (Å²) < 4.78 is 7.20. The minimum Gasteiger partial charge on any atom is -0.287 e. The van der Waals surface area contributed by atoms with Gasteiger partial charge >= 0.3 is 0 Å². The molecular weight excluding hydrogens is 451 g/mol. The molecule has 0 fully saturated rings. The molecule has 4 nitrogen and oxygen atoms in total. The van der Waals surface area contributed by atoms with Crippen molar-refractivity contribution in [2.45, 2.75) is 12.8 Å². The van der Waals surface area contributed by atoms with Crippen LogP contribution in [0.15, 0.2) is 125 Å². The Morgan fingerprint density at radius 3 is 1.63 bits per heavy atom. The largest absolute Gasteiger partial charge is 0.287 e. The topological polar surface area (TPSA) is 51.4 Å². The van der Waals surface area contributed by atoms with Gasteiger partial charge in [-0.15, -0.1) is 0 Å². The number of carbonyl (C=O) groups excluding carboxylic acids is 1. The quantitative estimate of drug-likeness (QED) is 0.328. The number of hydrogen-bond donors (Lipinski definition) is 0. The van der Waals surface area contributed by atoms with Crippen LogP contribution in [0.5, 0.6) is 0 Å². The van der Waals surface area contributed by atoms with E-state index in [1.54, 1.807) is 10.6 Å². The van der Waals surface area contributed by atoms with E-state index in [1.165, 1.54) is 0 Å². The Labute approximate surface area is 203 Å². The van der Waals surface area contributed by atoms with Crippen molar-refractivity contribution in [3.63, 3.8) is 0 Å². The normalized spacial score (nSPS) is 13.1. The summed E-state index contributed by atoms with van der Waals surface area (Å²) in [5.41, 5.74) is 1.66. The second-order valence-electron chi connectivity index (χ2n) is 8.61. The summed E-state index contributed by atoms with van der Waals surface area (Å²) in [5, 5.41) is 3.71. The molecule has 0 radical (unpaired) electrons. The lowest BCUT2D eigenvalue weighted by molar-refractivity contribution is 0.0928. The molecule has 0 aliphatic carbocycles. The van der Waals surface area contributed by atoms with Crippen molar-refractivity contribution in [1.82, 2.24) is 4.57 Å². The minimum atomic E-state index is -2.63. The van der Waals surface area contributed by atoms with E-state index < -0.39 is 7.05 Å². The van der Waals surface area contributed by atoms with Crippen LogP contribution in [0, 0.1) is 0 Å². The highest BCUT2D eigenvalue weighted by atomic mass is 31.2. The number of benzene rings is 4. The Kier molecular flexibility index (Phi) is 5.32. The van der Waals surface area contributed by atoms with Gasteiger partial charge in [0.25, 0.3) is 0 Å². The average molecular weight is 475 g/mol. The molecule has 0 saturated carbocycles. The Morgan fingerprint density at radius 2 is 1.09 bits per heavy atom. The van der Waals surface area contributed by atoms with Crippen LogP contribution < -0.4 is 21.3 Å². The van der Waals surface area contributed by atoms with Gasteiger partial charge in [0.15, 0.2) is 0 Å². The molecule has 170 valence electrons. The Bertz CT molecular complexity index is 1570. The van der Waals surface area contributed by atoms with Crippen LogP contribution in [0.25, 0.3) is 10.9 Å². The number of aromatic nitrogens is 1. The first-order valence-electron chi connectivity index (χ1n) is 11.7. The predicted octanol–water partition coefficient (Wildman–Crippen LogP) is 5.40. The second-order valence-corrected chi connectivity index (χ2v) is 11.6. The van der Waals surface area contributed by atoms with E-state index in [0.717, 1.165) is 15.9 Å². The number of fused-ring (bicyclic) bond motifs is 3. The molecule has 4 aromatic carbocycles. The molecule has 0 bridgehead atoms. The molecule has 35 heavy (non-hydrogen) atoms. The maximum absolute atomic E-state index is 14.0. The van der Waals surface area contributed by atoms with Crippen molar-refractivity contribution in [2.24, 2.45) is 4.74 Å². The lowest BCUT2D eigenvalue weighted by Crippen LogP contribution is -2.26. The van der Waals surface area contributed by atoms with Crippen molar-refractivity contribution in [1.29, 1.82) is 0 Å². The van der Waals surface area contributed by atoms with Gasteiger partial charge in [-0.05, 0) is 18.6 Å². The smallest absolute Gasteiger partial charge is 0.231 e. The highest BCUT2D eigenvalue weighted by molar-refractivity contribution is 7.87. The fourth-order valence-corrected chi connectivity index (χ4v) is 8.59. The van der Waals surface area contributed by atoms with Gasteiger partial charge in [0.1, 0.15) is 5.69 Å². The van der Waals surface area contributed by atoms with Crippen molar-refractivity contribution in [2.75, 3.05) is 0 Å². The van der Waals surface area contributed by atoms with Crippen LogP contribution in [0.1, 0.15) is 16.9 Å². The molecule has 0 unspecified atom stereocenters. The van der Waals surface area contributed by atoms with Crippen LogP contribution >= 0.6 is 7.05 Å². The lowest BCUT2D eigenvalue weighted by atomic mass is 10.1. The lowest BCUT2D eigenvalue weighted by Gasteiger charge is -2.27. The zero-order chi connectivity index (χ0) is 23.8. The molecule has 0 atom stereocenters. The summed E-state index contributed by atoms with van der Waals surface area (Å²) in [6.07, 6.45) is 0.888. The molecule has 1 aromatic heterocycles. The molecule has 5 heteroatoms. The highest BCUT2D eigenvalue weighted by Crippen LogP contribution is 2.49. The number of para-hydroxylation sites is 1. The molecule has 1 aliphatic heterocycles. The Morgan fingerprint density at radius 1 is 0.600 bits per heavy atom. The molecular formula is C30H23N2O2P. The highest BCUT2D eigenvalue weighted by Gasteiger charge is 2.31. The summed E-state index contributed by atoms with van der Waals surface area (Å²) in [5.74, 6) is 0.00992. The van der Waals surface area contributed by atoms with Gasteiger partial charge in [-0.3, -0.25) is 14.2 Å². The third-order valence-corrected chi connectivity index (χ3v) is 10.2. The molecule has 5 aromatic rings. The van der Waals surface area contributed by atoms with E-state index in [2.05, 4.69) is 36.4 Å². The first-order valence-corrected chi connectivity index (χ1v) is 13.4. The maximum atomic E-state index is 14.0. The SMILES string of the molecule is O=C1CCc2c(N=P(c3ccccc3)(c3ccccc3)c3ccccc3)c(=O)c3ccccc3n21. The van der Waals surface area contributed by atoms with Gasteiger partial charge in [-0.2, -0.15) is 0 Å². The van der Waals surface area contributed by atoms with Crippen LogP contribution in [0.2, 0.25) is 0 Å². The zero-order valence-electron chi connectivity index (χ0n) is 19.0. The predicted molar refractivity (Wildman–Crippen MR) is 144 cm³/mol. The number of rotatable bonds is 4. The number of pyridine rings is 1. The van der Waals surface area contributed by atoms with E-state index in [0.29, 0.717) is 35.1 Å². The van der Waals surface area contributed by atoms with Crippen LogP contribution in [-0.2, 0) is 6.42 Å². The van der Waals surface area contributed by atoms with Crippen LogP contribution in [-0.4, -0.2) is 10.5 Å². The molecule has 0 saturated heterocycles. The molecule has 0 N–H and O–H groups in total. The van der Waals surface area contributed by atoms with Crippen molar-refractivity contribution >= 4 is 45.5 Å². The van der Waals surface area contributed by atoms with Gasteiger partial charge in [0, 0.05) is 27.7 Å². The minimum absolute atomic E-state index is 0.00992. The molecule has 1 aliphatic rings. The third-order valence-electron chi connectivity index (χ3n) is 6.61. The molecule has 6 rings (SSSR count). The van der Waals surface area contributed by atoms with Crippen LogP contribution in [0.4, 0.5) is 5.69 Å². The van der Waals surface area contributed by atoms with Gasteiger partial charge in [0.2, 0.25) is 11.3 Å². The molecule has 2 heterocycles. The standard InChI is InChI=1S/C30H23N2O2P/c33-28-21-20-27-29(30(34)25-18-10-11-19-26(25)32(27)28)31-35(22-12-4-1-5-13-22,23-14-6-2-7-15-23)24-16-8-3-9-17-24/h1-19H,20-21H2. The van der Waals surface area contributed by atoms with Crippen molar-refractivity contribution < 1.29 is 4.79 Å². The number of carbonyl (C=O) groups is 1. The second kappa shape index (κ2) is 8.65. The van der Waals surface area contributed by atoms with E-state index in [9.17, 15) is 9.59 Å². The summed E-state index contributed by atoms with van der Waals surface area (Å²) in [4.78, 5) is 26.9. The first-order chi connectivity index (χ1) is 17.2. The van der Waals surface area contributed by atoms with E-state index in [1.807, 2.05) is 72.8 Å². The summed E-state index contributed by atoms with van der Waals surface area (Å²) in [6, 6.07) is 38.1. The van der Waals surface area contributed by atoms with Gasteiger partial charge in [-0.25, -0.2) is 4.74 Å². The Hall–Kier alpha value is -4.01. The average Bonchev–Trinajstić information content (AvgIpc) is 3.32. The van der Waals surface area contributed by atoms with E-state index in [4.69, 9.17) is 4.74 Å². The maximum Gasteiger partial charge on any atom is 0.231 e. The van der Waals surface area contributed by atoms with Gasteiger partial charge in [-0.1, -0.05) is 103 Å². The molecule has 0 spiro atoms. The summed E-state index contributed by atoms with van der Waals surface area (Å²) in [7, 11) is -2.63. The van der Waals surface area contributed by atoms with E-state index >= 15 is 0 Å². The Balaban J connectivity index is 1.83. The number of nitrogens with zero attached hydrogens (tertiary/aromatic N) is 2. The first kappa shape index (κ1) is 21.5. The van der Waals surface area contributed by atoms with Gasteiger partial charge < -0.3 is 0 Å². The van der Waals surface area contributed by atoms with Crippen molar-refractivity contribution in [3.8, 4) is 0 Å². The third kappa shape index (κ3) is 3.41. The molecule has 0 amide bonds. The fourth-order valence-electron chi connectivity index (χ4n) is 5.03. The van der Waals surface area contributed by atoms with Crippen molar-refractivity contribution in [3.05, 3.63) is 131 Å². The summed E-state index contributed by atoms with van der Waals surface area (Å²) in [6.45, 7) is 0. The van der Waals surface area contributed by atoms with Crippen LogP contribution in [0.3, 0.4) is 0 Å². The van der Waals surface area contributed by atoms with Gasteiger partial charge in [0.05, 0.1) is 18.3 Å². The summed E-state index contributed by atoms with van der Waals surface area (Å²) >= 11 is 0. The van der Waals surface area contributed by atoms with E-state index in [-0.39, 0.29) is 11.3 Å². The zero-order valence-corrected chi connectivity index (χ0v) is 19.9.